The smallest absolute Gasteiger partial charge is 0.261 e. The molecule has 0 unspecified atom stereocenters. The average Bonchev–Trinajstić information content (AvgIpc) is 3.23. The molecule has 0 radical (unpaired) electrons. The number of ether oxygens (including phenoxy) is 1. The van der Waals surface area contributed by atoms with Gasteiger partial charge in [0, 0.05) is 23.4 Å². The van der Waals surface area contributed by atoms with Crippen LogP contribution in [0.4, 0.5) is 11.5 Å². The van der Waals surface area contributed by atoms with Gasteiger partial charge in [0.15, 0.2) is 5.78 Å². The minimum Gasteiger partial charge on any atom is -0.497 e. The van der Waals surface area contributed by atoms with Gasteiger partial charge in [0.05, 0.1) is 13.3 Å². The summed E-state index contributed by atoms with van der Waals surface area (Å²) in [6, 6.07) is 14.9. The van der Waals surface area contributed by atoms with Gasteiger partial charge in [-0.25, -0.2) is 4.68 Å². The highest BCUT2D eigenvalue weighted by Gasteiger charge is 2.37. The summed E-state index contributed by atoms with van der Waals surface area (Å²) >= 11 is 0. The first-order valence-electron chi connectivity index (χ1n) is 10.7. The molecule has 32 heavy (non-hydrogen) atoms. The number of anilines is 2. The molecule has 5 rings (SSSR count). The summed E-state index contributed by atoms with van der Waals surface area (Å²) in [7, 11) is 1.62. The second-order valence-electron chi connectivity index (χ2n) is 8.14. The molecule has 162 valence electrons. The number of aromatic nitrogens is 2. The van der Waals surface area contributed by atoms with E-state index in [0.29, 0.717) is 17.8 Å². The van der Waals surface area contributed by atoms with Gasteiger partial charge in [-0.2, -0.15) is 5.10 Å². The van der Waals surface area contributed by atoms with E-state index in [1.54, 1.807) is 18.0 Å². The number of carbonyl (C=O) groups excluding carboxylic acids is 2. The lowest BCUT2D eigenvalue weighted by Gasteiger charge is -2.33. The van der Waals surface area contributed by atoms with E-state index in [1.807, 2.05) is 55.5 Å². The fraction of sp³-hybridized carbons (Fsp3) is 0.240. The Hall–Kier alpha value is -3.87. The van der Waals surface area contributed by atoms with Gasteiger partial charge in [-0.05, 0) is 49.6 Å². The van der Waals surface area contributed by atoms with Crippen LogP contribution in [0.1, 0.15) is 46.8 Å². The SMILES string of the molecule is COc1ccc([C@H]2C3=C(CCCC3=O)Nc3c(C(=O)Nc4ccc(C)cc4)cnn32)cc1. The second-order valence-corrected chi connectivity index (χ2v) is 8.14. The van der Waals surface area contributed by atoms with E-state index >= 15 is 0 Å². The molecule has 1 amide bonds. The molecule has 2 aliphatic rings. The maximum absolute atomic E-state index is 13.1. The van der Waals surface area contributed by atoms with Crippen LogP contribution in [0, 0.1) is 6.92 Å². The number of aryl methyl sites for hydroxylation is 1. The Balaban J connectivity index is 1.55. The maximum Gasteiger partial charge on any atom is 0.261 e. The highest BCUT2D eigenvalue weighted by molar-refractivity contribution is 6.08. The lowest BCUT2D eigenvalue weighted by molar-refractivity contribution is -0.116. The van der Waals surface area contributed by atoms with Crippen molar-refractivity contribution in [1.82, 2.24) is 9.78 Å². The third-order valence-electron chi connectivity index (χ3n) is 6.02. The molecular weight excluding hydrogens is 404 g/mol. The van der Waals surface area contributed by atoms with E-state index in [2.05, 4.69) is 15.7 Å². The first-order valence-corrected chi connectivity index (χ1v) is 10.7. The molecular formula is C25H24N4O3. The molecule has 7 nitrogen and oxygen atoms in total. The molecule has 0 saturated carbocycles. The quantitative estimate of drug-likeness (QED) is 0.640. The monoisotopic (exact) mass is 428 g/mol. The Morgan fingerprint density at radius 1 is 1.12 bits per heavy atom. The minimum atomic E-state index is -0.388. The number of rotatable bonds is 4. The van der Waals surface area contributed by atoms with Crippen LogP contribution >= 0.6 is 0 Å². The molecule has 1 atom stereocenters. The predicted octanol–water partition coefficient (Wildman–Crippen LogP) is 4.47. The summed E-state index contributed by atoms with van der Waals surface area (Å²) in [6.45, 7) is 2.00. The number of hydrogen-bond donors (Lipinski definition) is 2. The van der Waals surface area contributed by atoms with E-state index in [1.165, 1.54) is 0 Å². The van der Waals surface area contributed by atoms with Crippen molar-refractivity contribution in [3.8, 4) is 5.75 Å². The zero-order valence-electron chi connectivity index (χ0n) is 18.0. The standard InChI is InChI=1S/C25H24N4O3/c1-15-6-10-17(11-7-15)27-25(31)19-14-26-29-23(16-8-12-18(32-2)13-9-16)22-20(28-24(19)29)4-3-5-21(22)30/h6-14,23,28H,3-5H2,1-2H3,(H,27,31)/t23-/m0/s1. The molecule has 2 heterocycles. The topological polar surface area (TPSA) is 85.2 Å². The van der Waals surface area contributed by atoms with Crippen molar-refractivity contribution >= 4 is 23.2 Å². The van der Waals surface area contributed by atoms with Crippen LogP contribution in [-0.2, 0) is 4.79 Å². The number of ketones is 1. The van der Waals surface area contributed by atoms with Gasteiger partial charge in [0.1, 0.15) is 23.2 Å². The fourth-order valence-electron chi connectivity index (χ4n) is 4.35. The van der Waals surface area contributed by atoms with Crippen molar-refractivity contribution in [1.29, 1.82) is 0 Å². The van der Waals surface area contributed by atoms with Gasteiger partial charge in [-0.3, -0.25) is 9.59 Å². The Morgan fingerprint density at radius 2 is 1.88 bits per heavy atom. The van der Waals surface area contributed by atoms with Crippen LogP contribution in [0.3, 0.4) is 0 Å². The molecule has 0 spiro atoms. The van der Waals surface area contributed by atoms with Gasteiger partial charge in [-0.1, -0.05) is 29.8 Å². The number of benzene rings is 2. The van der Waals surface area contributed by atoms with Crippen LogP contribution in [0.25, 0.3) is 0 Å². The fourth-order valence-corrected chi connectivity index (χ4v) is 4.35. The van der Waals surface area contributed by atoms with Gasteiger partial charge in [0.2, 0.25) is 0 Å². The molecule has 1 aliphatic heterocycles. The van der Waals surface area contributed by atoms with Crippen molar-refractivity contribution in [3.05, 3.63) is 82.7 Å². The maximum atomic E-state index is 13.1. The number of fused-ring (bicyclic) bond motifs is 1. The number of carbonyl (C=O) groups is 2. The zero-order valence-corrected chi connectivity index (χ0v) is 18.0. The normalized spacial score (nSPS) is 17.3. The van der Waals surface area contributed by atoms with Crippen molar-refractivity contribution < 1.29 is 14.3 Å². The van der Waals surface area contributed by atoms with Crippen molar-refractivity contribution in [2.45, 2.75) is 32.2 Å². The molecule has 0 bridgehead atoms. The number of Topliss-reactive ketones (excluding diaryl/α,β-unsaturated/α-hetero) is 1. The van der Waals surface area contributed by atoms with Crippen molar-refractivity contribution in [2.24, 2.45) is 0 Å². The molecule has 0 fully saturated rings. The molecule has 1 aromatic heterocycles. The van der Waals surface area contributed by atoms with Gasteiger partial charge >= 0.3 is 0 Å². The zero-order chi connectivity index (χ0) is 22.2. The van der Waals surface area contributed by atoms with Crippen LogP contribution in [-0.4, -0.2) is 28.6 Å². The molecule has 0 saturated heterocycles. The van der Waals surface area contributed by atoms with E-state index in [9.17, 15) is 9.59 Å². The number of nitrogens with one attached hydrogen (secondary N) is 2. The Labute approximate surface area is 186 Å². The summed E-state index contributed by atoms with van der Waals surface area (Å²) in [5, 5.41) is 10.8. The van der Waals surface area contributed by atoms with Gasteiger partial charge in [-0.15, -0.1) is 0 Å². The van der Waals surface area contributed by atoms with Crippen LogP contribution in [0.5, 0.6) is 5.75 Å². The average molecular weight is 428 g/mol. The lowest BCUT2D eigenvalue weighted by Crippen LogP contribution is -2.32. The highest BCUT2D eigenvalue weighted by Crippen LogP contribution is 2.41. The van der Waals surface area contributed by atoms with E-state index in [0.717, 1.165) is 46.7 Å². The summed E-state index contributed by atoms with van der Waals surface area (Å²) in [5.41, 5.74) is 4.80. The number of methoxy groups -OCH3 is 1. The first kappa shape index (κ1) is 20.1. The van der Waals surface area contributed by atoms with Crippen molar-refractivity contribution in [2.75, 3.05) is 17.7 Å². The molecule has 7 heteroatoms. The lowest BCUT2D eigenvalue weighted by atomic mass is 9.85. The summed E-state index contributed by atoms with van der Waals surface area (Å²) in [5.74, 6) is 1.21. The van der Waals surface area contributed by atoms with Crippen LogP contribution in [0.15, 0.2) is 66.0 Å². The largest absolute Gasteiger partial charge is 0.497 e. The van der Waals surface area contributed by atoms with Gasteiger partial charge in [0.25, 0.3) is 5.91 Å². The number of amides is 1. The van der Waals surface area contributed by atoms with Crippen molar-refractivity contribution in [3.63, 3.8) is 0 Å². The first-order chi connectivity index (χ1) is 15.5. The molecule has 2 N–H and O–H groups in total. The van der Waals surface area contributed by atoms with Crippen LogP contribution in [0.2, 0.25) is 0 Å². The molecule has 1 aliphatic carbocycles. The van der Waals surface area contributed by atoms with E-state index in [4.69, 9.17) is 4.74 Å². The number of nitrogens with zero attached hydrogens (tertiary/aromatic N) is 2. The second kappa shape index (κ2) is 8.00. The third-order valence-corrected chi connectivity index (χ3v) is 6.02. The number of hydrogen-bond acceptors (Lipinski definition) is 5. The summed E-state index contributed by atoms with van der Waals surface area (Å²) < 4.78 is 7.03. The predicted molar refractivity (Wildman–Crippen MR) is 122 cm³/mol. The third kappa shape index (κ3) is 3.45. The summed E-state index contributed by atoms with van der Waals surface area (Å²) in [4.78, 5) is 26.0. The highest BCUT2D eigenvalue weighted by atomic mass is 16.5. The minimum absolute atomic E-state index is 0.117. The van der Waals surface area contributed by atoms with Crippen LogP contribution < -0.4 is 15.4 Å². The van der Waals surface area contributed by atoms with E-state index in [-0.39, 0.29) is 17.7 Å². The Bertz CT molecular complexity index is 1220. The Kier molecular flexibility index (Phi) is 5.01. The Morgan fingerprint density at radius 3 is 2.59 bits per heavy atom. The summed E-state index contributed by atoms with van der Waals surface area (Å²) in [6.07, 6.45) is 3.63. The number of allylic oxidation sites excluding steroid dienone is 2. The molecule has 2 aromatic carbocycles. The molecule has 3 aromatic rings. The van der Waals surface area contributed by atoms with Gasteiger partial charge < -0.3 is 15.4 Å². The van der Waals surface area contributed by atoms with E-state index < -0.39 is 0 Å².